The van der Waals surface area contributed by atoms with Gasteiger partial charge in [0.2, 0.25) is 0 Å². The van der Waals surface area contributed by atoms with Crippen molar-refractivity contribution < 1.29 is 8.42 Å². The van der Waals surface area contributed by atoms with Crippen LogP contribution in [0.15, 0.2) is 41.6 Å². The fourth-order valence-corrected chi connectivity index (χ4v) is 3.40. The van der Waals surface area contributed by atoms with Crippen LogP contribution in [-0.2, 0) is 10.0 Å². The van der Waals surface area contributed by atoms with E-state index in [1.807, 2.05) is 6.92 Å². The van der Waals surface area contributed by atoms with Crippen molar-refractivity contribution in [3.05, 3.63) is 46.6 Å². The molecule has 1 aromatic carbocycles. The first kappa shape index (κ1) is 15.9. The van der Waals surface area contributed by atoms with Gasteiger partial charge in [-0.05, 0) is 37.3 Å². The van der Waals surface area contributed by atoms with Crippen LogP contribution in [0.5, 0.6) is 0 Å². The fraction of sp³-hybridized carbons (Fsp3) is 0.154. The molecule has 0 aliphatic heterocycles. The van der Waals surface area contributed by atoms with E-state index in [0.717, 1.165) is 0 Å². The van der Waals surface area contributed by atoms with E-state index in [1.165, 1.54) is 18.3 Å². The third-order valence-electron chi connectivity index (χ3n) is 2.57. The first-order chi connectivity index (χ1) is 9.94. The second kappa shape index (κ2) is 6.51. The summed E-state index contributed by atoms with van der Waals surface area (Å²) in [6.45, 7) is 2.45. The molecule has 0 unspecified atom stereocenters. The van der Waals surface area contributed by atoms with E-state index in [0.29, 0.717) is 17.3 Å². The smallest absolute Gasteiger partial charge is 0.281 e. The van der Waals surface area contributed by atoms with Crippen molar-refractivity contribution in [1.29, 1.82) is 0 Å². The second-order valence-corrected chi connectivity index (χ2v) is 6.56. The molecule has 0 atom stereocenters. The van der Waals surface area contributed by atoms with Crippen LogP contribution < -0.4 is 10.0 Å². The van der Waals surface area contributed by atoms with Crippen molar-refractivity contribution >= 4 is 44.6 Å². The summed E-state index contributed by atoms with van der Waals surface area (Å²) >= 11 is 11.8. The monoisotopic (exact) mass is 345 g/mol. The molecule has 1 aromatic heterocycles. The lowest BCUT2D eigenvalue weighted by molar-refractivity contribution is 0.598. The maximum absolute atomic E-state index is 12.4. The fourth-order valence-electron chi connectivity index (χ4n) is 1.70. The Morgan fingerprint density at radius 1 is 1.19 bits per heavy atom. The normalized spacial score (nSPS) is 11.2. The Labute approximate surface area is 133 Å². The number of nitrogens with one attached hydrogen (secondary N) is 2. The number of pyridine rings is 1. The molecular formula is C13H13Cl2N3O2S. The number of sulfonamides is 1. The summed E-state index contributed by atoms with van der Waals surface area (Å²) in [4.78, 5) is 3.93. The van der Waals surface area contributed by atoms with Crippen molar-refractivity contribution in [3.63, 3.8) is 0 Å². The van der Waals surface area contributed by atoms with Crippen LogP contribution in [0, 0.1) is 0 Å². The van der Waals surface area contributed by atoms with E-state index in [2.05, 4.69) is 15.0 Å². The van der Waals surface area contributed by atoms with Crippen LogP contribution >= 0.6 is 23.2 Å². The minimum atomic E-state index is -3.85. The molecule has 5 nitrogen and oxygen atoms in total. The summed E-state index contributed by atoms with van der Waals surface area (Å²) in [5, 5.41) is 3.51. The zero-order chi connectivity index (χ0) is 15.5. The molecule has 0 saturated heterocycles. The molecule has 0 fully saturated rings. The van der Waals surface area contributed by atoms with Gasteiger partial charge in [0, 0.05) is 17.8 Å². The van der Waals surface area contributed by atoms with Gasteiger partial charge in [-0.1, -0.05) is 23.2 Å². The molecule has 0 aliphatic rings. The highest BCUT2D eigenvalue weighted by Gasteiger charge is 2.21. The number of hydrogen-bond acceptors (Lipinski definition) is 4. The van der Waals surface area contributed by atoms with Gasteiger partial charge in [0.25, 0.3) is 10.0 Å². The van der Waals surface area contributed by atoms with Crippen LogP contribution in [-0.4, -0.2) is 19.9 Å². The molecule has 112 valence electrons. The third kappa shape index (κ3) is 3.78. The van der Waals surface area contributed by atoms with Gasteiger partial charge in [0.15, 0.2) is 5.03 Å². The summed E-state index contributed by atoms with van der Waals surface area (Å²) in [5.74, 6) is 0. The predicted octanol–water partition coefficient (Wildman–Crippen LogP) is 3.62. The lowest BCUT2D eigenvalue weighted by Gasteiger charge is -2.12. The highest BCUT2D eigenvalue weighted by Crippen LogP contribution is 2.28. The van der Waals surface area contributed by atoms with E-state index in [-0.39, 0.29) is 15.7 Å². The zero-order valence-corrected chi connectivity index (χ0v) is 13.4. The number of benzene rings is 1. The Bertz CT molecular complexity index is 751. The van der Waals surface area contributed by atoms with Gasteiger partial charge < -0.3 is 5.32 Å². The first-order valence-electron chi connectivity index (χ1n) is 6.11. The molecular weight excluding hydrogens is 333 g/mol. The number of rotatable bonds is 5. The van der Waals surface area contributed by atoms with Crippen LogP contribution in [0.25, 0.3) is 0 Å². The van der Waals surface area contributed by atoms with Gasteiger partial charge in [-0.3, -0.25) is 4.72 Å². The summed E-state index contributed by atoms with van der Waals surface area (Å²) in [6, 6.07) is 7.82. The molecule has 0 saturated carbocycles. The first-order valence-corrected chi connectivity index (χ1v) is 8.34. The van der Waals surface area contributed by atoms with Crippen molar-refractivity contribution in [2.45, 2.75) is 11.9 Å². The largest absolute Gasteiger partial charge is 0.383 e. The molecule has 21 heavy (non-hydrogen) atoms. The number of aromatic nitrogens is 1. The molecule has 2 aromatic rings. The van der Waals surface area contributed by atoms with Gasteiger partial charge in [-0.15, -0.1) is 0 Å². The maximum Gasteiger partial charge on any atom is 0.281 e. The molecule has 0 amide bonds. The molecule has 1 heterocycles. The Kier molecular flexibility index (Phi) is 4.92. The van der Waals surface area contributed by atoms with Crippen LogP contribution in [0.2, 0.25) is 10.0 Å². The van der Waals surface area contributed by atoms with Gasteiger partial charge in [0.1, 0.15) is 0 Å². The number of hydrogen-bond donors (Lipinski definition) is 2. The van der Waals surface area contributed by atoms with Crippen molar-refractivity contribution in [2.75, 3.05) is 16.6 Å². The lowest BCUT2D eigenvalue weighted by atomic mass is 10.3. The summed E-state index contributed by atoms with van der Waals surface area (Å²) in [6.07, 6.45) is 1.42. The summed E-state index contributed by atoms with van der Waals surface area (Å²) in [7, 11) is -3.85. The number of nitrogens with zero attached hydrogens (tertiary/aromatic N) is 1. The zero-order valence-electron chi connectivity index (χ0n) is 11.1. The van der Waals surface area contributed by atoms with Gasteiger partial charge in [-0.25, -0.2) is 4.98 Å². The van der Waals surface area contributed by atoms with E-state index in [9.17, 15) is 8.42 Å². The molecule has 2 rings (SSSR count). The number of halogens is 2. The predicted molar refractivity (Wildman–Crippen MR) is 85.7 cm³/mol. The quantitative estimate of drug-likeness (QED) is 0.867. The highest BCUT2D eigenvalue weighted by atomic mass is 35.5. The Morgan fingerprint density at radius 3 is 2.62 bits per heavy atom. The molecule has 0 aliphatic carbocycles. The van der Waals surface area contributed by atoms with E-state index >= 15 is 0 Å². The molecule has 0 spiro atoms. The van der Waals surface area contributed by atoms with Crippen LogP contribution in [0.4, 0.5) is 11.4 Å². The van der Waals surface area contributed by atoms with Crippen molar-refractivity contribution in [1.82, 2.24) is 4.98 Å². The Morgan fingerprint density at radius 2 is 1.95 bits per heavy atom. The molecule has 0 bridgehead atoms. The standard InChI is InChI=1S/C13H13Cl2N3O2S/c1-2-16-12-4-3-7-17-13(12)21(19,20)18-11-6-5-9(14)8-10(11)15/h3-8,16,18H,2H2,1H3. The third-order valence-corrected chi connectivity index (χ3v) is 4.44. The van der Waals surface area contributed by atoms with E-state index in [4.69, 9.17) is 23.2 Å². The average Bonchev–Trinajstić information content (AvgIpc) is 2.43. The van der Waals surface area contributed by atoms with Gasteiger partial charge in [-0.2, -0.15) is 8.42 Å². The maximum atomic E-state index is 12.4. The van der Waals surface area contributed by atoms with E-state index < -0.39 is 10.0 Å². The number of anilines is 2. The van der Waals surface area contributed by atoms with Gasteiger partial charge in [0.05, 0.1) is 16.4 Å². The Balaban J connectivity index is 2.39. The minimum Gasteiger partial charge on any atom is -0.383 e. The average molecular weight is 346 g/mol. The van der Waals surface area contributed by atoms with E-state index in [1.54, 1.807) is 18.2 Å². The van der Waals surface area contributed by atoms with Crippen molar-refractivity contribution in [3.8, 4) is 0 Å². The summed E-state index contributed by atoms with van der Waals surface area (Å²) in [5.41, 5.74) is 0.673. The SMILES string of the molecule is CCNc1cccnc1S(=O)(=O)Nc1ccc(Cl)cc1Cl. The topological polar surface area (TPSA) is 71.1 Å². The Hall–Kier alpha value is -1.50. The molecule has 2 N–H and O–H groups in total. The second-order valence-electron chi connectivity index (χ2n) is 4.12. The molecule has 0 radical (unpaired) electrons. The summed E-state index contributed by atoms with van der Waals surface area (Å²) < 4.78 is 27.3. The van der Waals surface area contributed by atoms with Crippen LogP contribution in [0.1, 0.15) is 6.92 Å². The van der Waals surface area contributed by atoms with Crippen molar-refractivity contribution in [2.24, 2.45) is 0 Å². The minimum absolute atomic E-state index is 0.0853. The van der Waals surface area contributed by atoms with Crippen LogP contribution in [0.3, 0.4) is 0 Å². The molecule has 8 heteroatoms. The lowest BCUT2D eigenvalue weighted by Crippen LogP contribution is -2.17. The van der Waals surface area contributed by atoms with Gasteiger partial charge >= 0.3 is 0 Å². The highest BCUT2D eigenvalue weighted by molar-refractivity contribution is 7.92.